The fraction of sp³-hybridized carbons (Fsp3) is 0.278. The van der Waals surface area contributed by atoms with Gasteiger partial charge in [0.05, 0.1) is 11.6 Å². The molecule has 0 heterocycles. The molecule has 2 rings (SSSR count). The van der Waals surface area contributed by atoms with Crippen molar-refractivity contribution in [2.75, 3.05) is 0 Å². The van der Waals surface area contributed by atoms with Crippen molar-refractivity contribution in [1.29, 1.82) is 0 Å². The van der Waals surface area contributed by atoms with Crippen molar-refractivity contribution in [3.05, 3.63) is 65.7 Å². The van der Waals surface area contributed by atoms with E-state index in [0.717, 1.165) is 18.4 Å². The SMILES string of the molecule is CCCC(NC(=O)c1ccccc1OC(F)F)c1ccccc1. The summed E-state index contributed by atoms with van der Waals surface area (Å²) in [6.45, 7) is -0.944. The summed E-state index contributed by atoms with van der Waals surface area (Å²) in [7, 11) is 0. The van der Waals surface area contributed by atoms with E-state index in [9.17, 15) is 13.6 Å². The number of rotatable bonds is 7. The maximum atomic E-state index is 12.5. The quantitative estimate of drug-likeness (QED) is 0.812. The Bertz CT molecular complexity index is 632. The summed E-state index contributed by atoms with van der Waals surface area (Å²) in [5.74, 6) is -0.549. The zero-order valence-electron chi connectivity index (χ0n) is 12.8. The van der Waals surface area contributed by atoms with Gasteiger partial charge in [-0.25, -0.2) is 0 Å². The van der Waals surface area contributed by atoms with E-state index in [4.69, 9.17) is 0 Å². The van der Waals surface area contributed by atoms with Gasteiger partial charge < -0.3 is 10.1 Å². The Morgan fingerprint density at radius 2 is 1.74 bits per heavy atom. The van der Waals surface area contributed by atoms with E-state index in [1.807, 2.05) is 37.3 Å². The van der Waals surface area contributed by atoms with Crippen LogP contribution in [0.4, 0.5) is 8.78 Å². The average molecular weight is 319 g/mol. The van der Waals surface area contributed by atoms with Gasteiger partial charge in [-0.1, -0.05) is 55.8 Å². The lowest BCUT2D eigenvalue weighted by molar-refractivity contribution is -0.0501. The van der Waals surface area contributed by atoms with Crippen molar-refractivity contribution in [2.24, 2.45) is 0 Å². The predicted octanol–water partition coefficient (Wildman–Crippen LogP) is 4.56. The molecule has 0 aromatic heterocycles. The molecule has 0 radical (unpaired) electrons. The Morgan fingerprint density at radius 3 is 2.39 bits per heavy atom. The number of alkyl halides is 2. The van der Waals surface area contributed by atoms with E-state index in [2.05, 4.69) is 10.1 Å². The van der Waals surface area contributed by atoms with Crippen molar-refractivity contribution in [1.82, 2.24) is 5.32 Å². The van der Waals surface area contributed by atoms with Crippen molar-refractivity contribution in [3.8, 4) is 5.75 Å². The van der Waals surface area contributed by atoms with Gasteiger partial charge in [0.2, 0.25) is 0 Å². The van der Waals surface area contributed by atoms with Crippen LogP contribution >= 0.6 is 0 Å². The number of halogens is 2. The normalized spacial score (nSPS) is 12.0. The molecule has 23 heavy (non-hydrogen) atoms. The number of hydrogen-bond donors (Lipinski definition) is 1. The van der Waals surface area contributed by atoms with Gasteiger partial charge in [0.25, 0.3) is 5.91 Å². The van der Waals surface area contributed by atoms with Crippen LogP contribution in [-0.4, -0.2) is 12.5 Å². The third kappa shape index (κ3) is 4.77. The molecule has 1 amide bonds. The molecule has 5 heteroatoms. The molecule has 1 atom stereocenters. The minimum atomic E-state index is -2.97. The Labute approximate surface area is 134 Å². The molecule has 0 saturated heterocycles. The molecule has 0 spiro atoms. The second kappa shape index (κ2) is 8.27. The van der Waals surface area contributed by atoms with E-state index in [0.29, 0.717) is 0 Å². The molecule has 0 bridgehead atoms. The number of nitrogens with one attached hydrogen (secondary N) is 1. The minimum Gasteiger partial charge on any atom is -0.434 e. The smallest absolute Gasteiger partial charge is 0.387 e. The van der Waals surface area contributed by atoms with Crippen molar-refractivity contribution in [3.63, 3.8) is 0 Å². The number of ether oxygens (including phenoxy) is 1. The van der Waals surface area contributed by atoms with Gasteiger partial charge in [-0.2, -0.15) is 8.78 Å². The van der Waals surface area contributed by atoms with E-state index in [1.165, 1.54) is 12.1 Å². The fourth-order valence-electron chi connectivity index (χ4n) is 2.39. The largest absolute Gasteiger partial charge is 0.434 e. The zero-order chi connectivity index (χ0) is 16.7. The van der Waals surface area contributed by atoms with Crippen LogP contribution in [0.1, 0.15) is 41.7 Å². The van der Waals surface area contributed by atoms with Crippen molar-refractivity contribution in [2.45, 2.75) is 32.4 Å². The molecular weight excluding hydrogens is 300 g/mol. The van der Waals surface area contributed by atoms with Crippen LogP contribution in [0.5, 0.6) is 5.75 Å². The number of para-hydroxylation sites is 1. The molecular formula is C18H19F2NO2. The molecule has 122 valence electrons. The van der Waals surface area contributed by atoms with Crippen LogP contribution in [-0.2, 0) is 0 Å². The third-order valence-corrected chi connectivity index (χ3v) is 3.43. The highest BCUT2D eigenvalue weighted by molar-refractivity contribution is 5.97. The first-order chi connectivity index (χ1) is 11.1. The number of hydrogen-bond acceptors (Lipinski definition) is 2. The van der Waals surface area contributed by atoms with Gasteiger partial charge in [-0.05, 0) is 24.1 Å². The summed E-state index contributed by atoms with van der Waals surface area (Å²) in [6.07, 6.45) is 1.64. The molecule has 0 aliphatic carbocycles. The molecule has 0 aliphatic heterocycles. The summed E-state index contributed by atoms with van der Waals surface area (Å²) in [4.78, 5) is 12.5. The lowest BCUT2D eigenvalue weighted by Crippen LogP contribution is -2.29. The maximum Gasteiger partial charge on any atom is 0.387 e. The lowest BCUT2D eigenvalue weighted by atomic mass is 10.0. The maximum absolute atomic E-state index is 12.5. The first-order valence-electron chi connectivity index (χ1n) is 7.51. The number of benzene rings is 2. The Balaban J connectivity index is 2.19. The Hall–Kier alpha value is -2.43. The summed E-state index contributed by atoms with van der Waals surface area (Å²) in [6, 6.07) is 15.4. The first-order valence-corrected chi connectivity index (χ1v) is 7.51. The lowest BCUT2D eigenvalue weighted by Gasteiger charge is -2.19. The molecule has 0 fully saturated rings. The number of carbonyl (C=O) groups is 1. The summed E-state index contributed by atoms with van der Waals surface area (Å²) in [5, 5.41) is 2.90. The van der Waals surface area contributed by atoms with Gasteiger partial charge in [0, 0.05) is 0 Å². The van der Waals surface area contributed by atoms with Gasteiger partial charge in [0.1, 0.15) is 5.75 Å². The molecule has 1 N–H and O–H groups in total. The second-order valence-electron chi connectivity index (χ2n) is 5.10. The molecule has 2 aromatic rings. The highest BCUT2D eigenvalue weighted by atomic mass is 19.3. The Kier molecular flexibility index (Phi) is 6.09. The molecule has 2 aromatic carbocycles. The van der Waals surface area contributed by atoms with Crippen molar-refractivity contribution >= 4 is 5.91 Å². The summed E-state index contributed by atoms with van der Waals surface area (Å²) < 4.78 is 29.3. The van der Waals surface area contributed by atoms with Crippen molar-refractivity contribution < 1.29 is 18.3 Å². The van der Waals surface area contributed by atoms with E-state index < -0.39 is 12.5 Å². The minimum absolute atomic E-state index is 0.102. The van der Waals surface area contributed by atoms with Gasteiger partial charge in [-0.3, -0.25) is 4.79 Å². The first kappa shape index (κ1) is 16.9. The second-order valence-corrected chi connectivity index (χ2v) is 5.10. The summed E-state index contributed by atoms with van der Waals surface area (Å²) in [5.41, 5.74) is 1.08. The van der Waals surface area contributed by atoms with E-state index >= 15 is 0 Å². The predicted molar refractivity (Wildman–Crippen MR) is 84.6 cm³/mol. The van der Waals surface area contributed by atoms with Crippen LogP contribution in [0.15, 0.2) is 54.6 Å². The molecule has 3 nitrogen and oxygen atoms in total. The zero-order valence-corrected chi connectivity index (χ0v) is 12.8. The third-order valence-electron chi connectivity index (χ3n) is 3.43. The van der Waals surface area contributed by atoms with Crippen LogP contribution < -0.4 is 10.1 Å². The Morgan fingerprint density at radius 1 is 1.09 bits per heavy atom. The van der Waals surface area contributed by atoms with Crippen LogP contribution in [0, 0.1) is 0 Å². The number of amides is 1. The fourth-order valence-corrected chi connectivity index (χ4v) is 2.39. The highest BCUT2D eigenvalue weighted by Gasteiger charge is 2.19. The van der Waals surface area contributed by atoms with Crippen LogP contribution in [0.3, 0.4) is 0 Å². The highest BCUT2D eigenvalue weighted by Crippen LogP contribution is 2.23. The van der Waals surface area contributed by atoms with Gasteiger partial charge in [-0.15, -0.1) is 0 Å². The monoisotopic (exact) mass is 319 g/mol. The topological polar surface area (TPSA) is 38.3 Å². The molecule has 0 aliphatic rings. The van der Waals surface area contributed by atoms with Gasteiger partial charge in [0.15, 0.2) is 0 Å². The standard InChI is InChI=1S/C18H19F2NO2/c1-2-8-15(13-9-4-3-5-10-13)21-17(22)14-11-6-7-12-16(14)23-18(19)20/h3-7,9-12,15,18H,2,8H2,1H3,(H,21,22). The number of carbonyl (C=O) groups excluding carboxylic acids is 1. The van der Waals surface area contributed by atoms with Crippen LogP contribution in [0.25, 0.3) is 0 Å². The summed E-state index contributed by atoms with van der Waals surface area (Å²) >= 11 is 0. The van der Waals surface area contributed by atoms with E-state index in [1.54, 1.807) is 12.1 Å². The van der Waals surface area contributed by atoms with Crippen LogP contribution in [0.2, 0.25) is 0 Å². The van der Waals surface area contributed by atoms with Gasteiger partial charge >= 0.3 is 6.61 Å². The average Bonchev–Trinajstić information content (AvgIpc) is 2.55. The molecule has 1 unspecified atom stereocenters. The molecule has 0 saturated carbocycles. The van der Waals surface area contributed by atoms with E-state index in [-0.39, 0.29) is 17.4 Å².